The highest BCUT2D eigenvalue weighted by atomic mass is 32.1. The predicted molar refractivity (Wildman–Crippen MR) is 108 cm³/mol. The van der Waals surface area contributed by atoms with Crippen molar-refractivity contribution in [2.45, 2.75) is 32.2 Å². The number of ether oxygens (including phenoxy) is 1. The summed E-state index contributed by atoms with van der Waals surface area (Å²) in [6.45, 7) is 0.700. The summed E-state index contributed by atoms with van der Waals surface area (Å²) < 4.78 is 6.93. The van der Waals surface area contributed by atoms with E-state index in [2.05, 4.69) is 10.3 Å². The first-order chi connectivity index (χ1) is 13.7. The van der Waals surface area contributed by atoms with Crippen LogP contribution in [0.15, 0.2) is 43.0 Å². The molecule has 0 bridgehead atoms. The molecule has 0 radical (unpaired) electrons. The Balaban J connectivity index is 1.53. The molecule has 0 spiro atoms. The van der Waals surface area contributed by atoms with E-state index in [1.807, 2.05) is 22.9 Å². The van der Waals surface area contributed by atoms with Gasteiger partial charge in [-0.25, -0.2) is 9.78 Å². The second kappa shape index (κ2) is 7.98. The largest absolute Gasteiger partial charge is 0.465 e. The van der Waals surface area contributed by atoms with Gasteiger partial charge in [0.05, 0.1) is 19.0 Å². The summed E-state index contributed by atoms with van der Waals surface area (Å²) in [4.78, 5) is 30.3. The van der Waals surface area contributed by atoms with Crippen LogP contribution >= 0.6 is 11.3 Å². The maximum atomic E-state index is 12.7. The van der Waals surface area contributed by atoms with Gasteiger partial charge in [0.25, 0.3) is 5.91 Å². The number of fused-ring (bicyclic) bond motifs is 1. The van der Waals surface area contributed by atoms with Crippen LogP contribution in [-0.4, -0.2) is 28.5 Å². The summed E-state index contributed by atoms with van der Waals surface area (Å²) in [5, 5.41) is 3.52. The maximum absolute atomic E-state index is 12.7. The first-order valence-corrected chi connectivity index (χ1v) is 10.1. The molecule has 0 unspecified atom stereocenters. The monoisotopic (exact) mass is 395 g/mol. The summed E-state index contributed by atoms with van der Waals surface area (Å²) >= 11 is 1.49. The highest BCUT2D eigenvalue weighted by Crippen LogP contribution is 2.38. The van der Waals surface area contributed by atoms with Crippen LogP contribution in [0.5, 0.6) is 0 Å². The van der Waals surface area contributed by atoms with E-state index in [1.165, 1.54) is 23.3 Å². The number of nitrogens with one attached hydrogen (secondary N) is 1. The lowest BCUT2D eigenvalue weighted by molar-refractivity contribution is 0.0601. The third-order valence-corrected chi connectivity index (χ3v) is 6.14. The minimum absolute atomic E-state index is 0.224. The van der Waals surface area contributed by atoms with Gasteiger partial charge in [0.15, 0.2) is 0 Å². The second-order valence-corrected chi connectivity index (χ2v) is 7.90. The summed E-state index contributed by atoms with van der Waals surface area (Å²) in [7, 11) is 1.37. The molecule has 6 nitrogen and oxygen atoms in total. The van der Waals surface area contributed by atoms with Crippen LogP contribution in [0.25, 0.3) is 0 Å². The first kappa shape index (κ1) is 18.4. The van der Waals surface area contributed by atoms with Crippen molar-refractivity contribution in [3.63, 3.8) is 0 Å². The lowest BCUT2D eigenvalue weighted by atomic mass is 9.95. The van der Waals surface area contributed by atoms with E-state index < -0.39 is 0 Å². The van der Waals surface area contributed by atoms with Crippen molar-refractivity contribution >= 4 is 28.2 Å². The topological polar surface area (TPSA) is 73.2 Å². The fourth-order valence-corrected chi connectivity index (χ4v) is 4.77. The van der Waals surface area contributed by atoms with Crippen LogP contribution < -0.4 is 5.32 Å². The number of carbonyl (C=O) groups excluding carboxylic acids is 2. The molecule has 3 aromatic rings. The number of hydrogen-bond acceptors (Lipinski definition) is 5. The molecule has 0 saturated heterocycles. The number of rotatable bonds is 5. The van der Waals surface area contributed by atoms with Crippen molar-refractivity contribution in [3.05, 3.63) is 70.1 Å². The average molecular weight is 395 g/mol. The highest BCUT2D eigenvalue weighted by molar-refractivity contribution is 7.17. The molecule has 0 aliphatic heterocycles. The Bertz CT molecular complexity index is 991. The zero-order valence-electron chi connectivity index (χ0n) is 15.6. The van der Waals surface area contributed by atoms with Crippen molar-refractivity contribution in [2.24, 2.45) is 0 Å². The molecule has 0 saturated carbocycles. The van der Waals surface area contributed by atoms with Gasteiger partial charge < -0.3 is 14.6 Å². The van der Waals surface area contributed by atoms with E-state index in [1.54, 1.807) is 24.7 Å². The van der Waals surface area contributed by atoms with Crippen LogP contribution in [0.1, 0.15) is 49.6 Å². The summed E-state index contributed by atoms with van der Waals surface area (Å²) in [5.41, 5.74) is 3.19. The third kappa shape index (κ3) is 3.71. The molecule has 4 rings (SSSR count). The fourth-order valence-electron chi connectivity index (χ4n) is 3.50. The van der Waals surface area contributed by atoms with Gasteiger partial charge in [0, 0.05) is 29.4 Å². The lowest BCUT2D eigenvalue weighted by Crippen LogP contribution is -2.15. The van der Waals surface area contributed by atoms with Crippen LogP contribution in [-0.2, 0) is 24.1 Å². The molecule has 144 valence electrons. The number of imidazole rings is 1. The van der Waals surface area contributed by atoms with E-state index in [4.69, 9.17) is 4.74 Å². The number of aryl methyl sites for hydroxylation is 1. The SMILES string of the molecule is COC(=O)c1c(NC(=O)c2ccc(Cn3ccnc3)cc2)sc2c1CCCC2. The minimum atomic E-state index is -0.384. The lowest BCUT2D eigenvalue weighted by Gasteiger charge is -2.11. The number of benzene rings is 1. The zero-order chi connectivity index (χ0) is 19.5. The normalized spacial score (nSPS) is 13.0. The Labute approximate surface area is 167 Å². The van der Waals surface area contributed by atoms with Crippen LogP contribution in [0.4, 0.5) is 5.00 Å². The van der Waals surface area contributed by atoms with Gasteiger partial charge in [-0.05, 0) is 48.9 Å². The Kier molecular flexibility index (Phi) is 5.25. The van der Waals surface area contributed by atoms with Crippen molar-refractivity contribution in [1.82, 2.24) is 9.55 Å². The number of carbonyl (C=O) groups is 2. The number of hydrogen-bond donors (Lipinski definition) is 1. The van der Waals surface area contributed by atoms with E-state index in [0.717, 1.165) is 36.8 Å². The van der Waals surface area contributed by atoms with Gasteiger partial charge in [-0.1, -0.05) is 12.1 Å². The van der Waals surface area contributed by atoms with Crippen molar-refractivity contribution < 1.29 is 14.3 Å². The summed E-state index contributed by atoms with van der Waals surface area (Å²) in [6, 6.07) is 7.45. The number of amides is 1. The number of esters is 1. The zero-order valence-corrected chi connectivity index (χ0v) is 16.4. The molecule has 1 amide bonds. The van der Waals surface area contributed by atoms with Crippen molar-refractivity contribution in [2.75, 3.05) is 12.4 Å². The Morgan fingerprint density at radius 1 is 1.21 bits per heavy atom. The molecular weight excluding hydrogens is 374 g/mol. The van der Waals surface area contributed by atoms with Gasteiger partial charge in [-0.15, -0.1) is 11.3 Å². The van der Waals surface area contributed by atoms with Gasteiger partial charge in [0.1, 0.15) is 5.00 Å². The van der Waals surface area contributed by atoms with E-state index >= 15 is 0 Å². The van der Waals surface area contributed by atoms with Crippen LogP contribution in [0, 0.1) is 0 Å². The molecule has 2 aromatic heterocycles. The smallest absolute Gasteiger partial charge is 0.341 e. The quantitative estimate of drug-likeness (QED) is 0.665. The van der Waals surface area contributed by atoms with Gasteiger partial charge in [-0.3, -0.25) is 4.79 Å². The molecular formula is C21H21N3O3S. The van der Waals surface area contributed by atoms with Crippen LogP contribution in [0.3, 0.4) is 0 Å². The van der Waals surface area contributed by atoms with E-state index in [-0.39, 0.29) is 11.9 Å². The molecule has 1 aliphatic rings. The molecule has 1 aromatic carbocycles. The summed E-state index contributed by atoms with van der Waals surface area (Å²) in [6.07, 6.45) is 9.36. The van der Waals surface area contributed by atoms with Crippen molar-refractivity contribution in [3.8, 4) is 0 Å². The summed E-state index contributed by atoms with van der Waals surface area (Å²) in [5.74, 6) is -0.608. The second-order valence-electron chi connectivity index (χ2n) is 6.79. The average Bonchev–Trinajstić information content (AvgIpc) is 3.35. The molecule has 0 atom stereocenters. The molecule has 1 N–H and O–H groups in total. The number of anilines is 1. The standard InChI is InChI=1S/C21H21N3O3S/c1-27-21(26)18-16-4-2-3-5-17(16)28-20(18)23-19(25)15-8-6-14(7-9-15)12-24-11-10-22-13-24/h6-11,13H,2-5,12H2,1H3,(H,23,25). The van der Waals surface area contributed by atoms with Gasteiger partial charge in [-0.2, -0.15) is 0 Å². The Morgan fingerprint density at radius 2 is 2.00 bits per heavy atom. The van der Waals surface area contributed by atoms with Crippen molar-refractivity contribution in [1.29, 1.82) is 0 Å². The van der Waals surface area contributed by atoms with E-state index in [0.29, 0.717) is 22.7 Å². The Hall–Kier alpha value is -2.93. The number of methoxy groups -OCH3 is 1. The first-order valence-electron chi connectivity index (χ1n) is 9.24. The predicted octanol–water partition coefficient (Wildman–Crippen LogP) is 3.91. The molecule has 2 heterocycles. The maximum Gasteiger partial charge on any atom is 0.341 e. The van der Waals surface area contributed by atoms with Gasteiger partial charge in [0.2, 0.25) is 0 Å². The minimum Gasteiger partial charge on any atom is -0.465 e. The number of thiophene rings is 1. The number of nitrogens with zero attached hydrogens (tertiary/aromatic N) is 2. The number of aromatic nitrogens is 2. The van der Waals surface area contributed by atoms with E-state index in [9.17, 15) is 9.59 Å². The third-order valence-electron chi connectivity index (χ3n) is 4.93. The Morgan fingerprint density at radius 3 is 2.71 bits per heavy atom. The van der Waals surface area contributed by atoms with Crippen LogP contribution in [0.2, 0.25) is 0 Å². The fraction of sp³-hybridized carbons (Fsp3) is 0.286. The van der Waals surface area contributed by atoms with Gasteiger partial charge >= 0.3 is 5.97 Å². The highest BCUT2D eigenvalue weighted by Gasteiger charge is 2.27. The molecule has 7 heteroatoms. The molecule has 1 aliphatic carbocycles. The molecule has 0 fully saturated rings. The molecule has 28 heavy (non-hydrogen) atoms.